The van der Waals surface area contributed by atoms with Gasteiger partial charge in [-0.1, -0.05) is 42.5 Å². The van der Waals surface area contributed by atoms with Gasteiger partial charge in [-0.2, -0.15) is 0 Å². The van der Waals surface area contributed by atoms with Crippen LogP contribution in [-0.2, 0) is 17.8 Å². The van der Waals surface area contributed by atoms with Crippen molar-refractivity contribution in [3.63, 3.8) is 0 Å². The van der Waals surface area contributed by atoms with Gasteiger partial charge < -0.3 is 5.32 Å². The SMILES string of the molecule is Cc1ccc(C)c(-n2c(=O)c3sccc3n(CC(=O)N[C@@H](C)CCc3ccccc3)c2=O)c1. The van der Waals surface area contributed by atoms with E-state index in [4.69, 9.17) is 0 Å². The van der Waals surface area contributed by atoms with Crippen LogP contribution in [0.4, 0.5) is 0 Å². The molecule has 0 bridgehead atoms. The normalized spacial score (nSPS) is 12.1. The van der Waals surface area contributed by atoms with Crippen molar-refractivity contribution >= 4 is 27.5 Å². The second-order valence-corrected chi connectivity index (χ2v) is 9.34. The fourth-order valence-corrected chi connectivity index (χ4v) is 4.80. The molecule has 0 unspecified atom stereocenters. The van der Waals surface area contributed by atoms with Gasteiger partial charge in [0.15, 0.2) is 0 Å². The van der Waals surface area contributed by atoms with E-state index in [0.29, 0.717) is 15.9 Å². The highest BCUT2D eigenvalue weighted by molar-refractivity contribution is 7.17. The molecule has 0 saturated heterocycles. The highest BCUT2D eigenvalue weighted by Crippen LogP contribution is 2.18. The Kier molecular flexibility index (Phi) is 6.60. The highest BCUT2D eigenvalue weighted by atomic mass is 32.1. The van der Waals surface area contributed by atoms with Gasteiger partial charge in [-0.15, -0.1) is 11.3 Å². The molecule has 2 aromatic heterocycles. The summed E-state index contributed by atoms with van der Waals surface area (Å²) >= 11 is 1.28. The standard InChI is InChI=1S/C26H27N3O3S/c1-17-9-10-18(2)22(15-17)29-25(31)24-21(13-14-33-24)28(26(29)32)16-23(30)27-19(3)11-12-20-7-5-4-6-8-20/h4-10,13-15,19H,11-12,16H2,1-3H3,(H,27,30)/t19-/m0/s1. The van der Waals surface area contributed by atoms with Crippen LogP contribution in [-0.4, -0.2) is 21.1 Å². The van der Waals surface area contributed by atoms with E-state index in [1.54, 1.807) is 11.4 Å². The molecule has 0 fully saturated rings. The fourth-order valence-electron chi connectivity index (χ4n) is 3.98. The first-order valence-electron chi connectivity index (χ1n) is 11.0. The van der Waals surface area contributed by atoms with Gasteiger partial charge in [-0.3, -0.25) is 14.2 Å². The zero-order valence-electron chi connectivity index (χ0n) is 19.0. The van der Waals surface area contributed by atoms with Gasteiger partial charge in [-0.05, 0) is 67.8 Å². The van der Waals surface area contributed by atoms with Gasteiger partial charge in [0.05, 0.1) is 11.2 Å². The number of carbonyl (C=O) groups is 1. The third-order valence-electron chi connectivity index (χ3n) is 5.78. The van der Waals surface area contributed by atoms with Crippen LogP contribution in [0, 0.1) is 13.8 Å². The Bertz CT molecular complexity index is 1420. The molecule has 0 saturated carbocycles. The number of aryl methyl sites for hydroxylation is 3. The van der Waals surface area contributed by atoms with E-state index in [9.17, 15) is 14.4 Å². The maximum atomic E-state index is 13.4. The number of hydrogen-bond donors (Lipinski definition) is 1. The van der Waals surface area contributed by atoms with E-state index < -0.39 is 5.69 Å². The van der Waals surface area contributed by atoms with Gasteiger partial charge in [0.2, 0.25) is 5.91 Å². The average molecular weight is 462 g/mol. The summed E-state index contributed by atoms with van der Waals surface area (Å²) in [5.74, 6) is -0.253. The minimum Gasteiger partial charge on any atom is -0.352 e. The Labute approximate surface area is 196 Å². The van der Waals surface area contributed by atoms with E-state index in [1.165, 1.54) is 26.0 Å². The molecule has 0 aliphatic carbocycles. The number of amides is 1. The number of thiophene rings is 1. The van der Waals surface area contributed by atoms with Gasteiger partial charge >= 0.3 is 5.69 Å². The van der Waals surface area contributed by atoms with Crippen molar-refractivity contribution in [2.24, 2.45) is 0 Å². The first-order chi connectivity index (χ1) is 15.8. The van der Waals surface area contributed by atoms with Gasteiger partial charge in [-0.25, -0.2) is 9.36 Å². The zero-order chi connectivity index (χ0) is 23.5. The predicted octanol–water partition coefficient (Wildman–Crippen LogP) is 3.97. The molecular weight excluding hydrogens is 434 g/mol. The largest absolute Gasteiger partial charge is 0.352 e. The molecule has 2 heterocycles. The lowest BCUT2D eigenvalue weighted by atomic mass is 10.1. The summed E-state index contributed by atoms with van der Waals surface area (Å²) in [6, 6.07) is 17.5. The van der Waals surface area contributed by atoms with E-state index in [-0.39, 0.29) is 24.1 Å². The van der Waals surface area contributed by atoms with Crippen LogP contribution in [0.1, 0.15) is 30.0 Å². The minimum atomic E-state index is -0.508. The second-order valence-electron chi connectivity index (χ2n) is 8.43. The van der Waals surface area contributed by atoms with Gasteiger partial charge in [0.25, 0.3) is 5.56 Å². The molecule has 0 aliphatic rings. The van der Waals surface area contributed by atoms with Crippen LogP contribution in [0.2, 0.25) is 0 Å². The van der Waals surface area contributed by atoms with Gasteiger partial charge in [0.1, 0.15) is 11.2 Å². The summed E-state index contributed by atoms with van der Waals surface area (Å²) in [7, 11) is 0. The molecule has 0 spiro atoms. The van der Waals surface area contributed by atoms with Crippen LogP contribution in [0.5, 0.6) is 0 Å². The number of nitrogens with zero attached hydrogens (tertiary/aromatic N) is 2. The number of fused-ring (bicyclic) bond motifs is 1. The Morgan fingerprint density at radius 3 is 2.58 bits per heavy atom. The van der Waals surface area contributed by atoms with Crippen molar-refractivity contribution in [1.82, 2.24) is 14.5 Å². The summed E-state index contributed by atoms with van der Waals surface area (Å²) < 4.78 is 3.04. The topological polar surface area (TPSA) is 73.1 Å². The Hall–Kier alpha value is -3.45. The Morgan fingerprint density at radius 1 is 1.06 bits per heavy atom. The molecule has 7 heteroatoms. The lowest BCUT2D eigenvalue weighted by Gasteiger charge is -2.17. The molecule has 33 heavy (non-hydrogen) atoms. The summed E-state index contributed by atoms with van der Waals surface area (Å²) in [4.78, 5) is 39.5. The molecule has 170 valence electrons. The first kappa shape index (κ1) is 22.7. The van der Waals surface area contributed by atoms with Crippen molar-refractivity contribution in [2.75, 3.05) is 0 Å². The van der Waals surface area contributed by atoms with Crippen molar-refractivity contribution in [1.29, 1.82) is 0 Å². The summed E-state index contributed by atoms with van der Waals surface area (Å²) in [6.07, 6.45) is 1.65. The second kappa shape index (κ2) is 9.58. The molecular formula is C26H27N3O3S. The number of benzene rings is 2. The monoisotopic (exact) mass is 461 g/mol. The summed E-state index contributed by atoms with van der Waals surface area (Å²) in [6.45, 7) is 5.60. The third kappa shape index (κ3) is 4.83. The summed E-state index contributed by atoms with van der Waals surface area (Å²) in [5.41, 5.74) is 3.16. The van der Waals surface area contributed by atoms with Crippen molar-refractivity contribution in [3.05, 3.63) is 97.5 Å². The van der Waals surface area contributed by atoms with Crippen molar-refractivity contribution in [2.45, 2.75) is 46.2 Å². The Morgan fingerprint density at radius 2 is 1.82 bits per heavy atom. The first-order valence-corrected chi connectivity index (χ1v) is 11.9. The maximum absolute atomic E-state index is 13.4. The molecule has 4 rings (SSSR count). The minimum absolute atomic E-state index is 0.0451. The highest BCUT2D eigenvalue weighted by Gasteiger charge is 2.19. The molecule has 1 amide bonds. The average Bonchev–Trinajstić information content (AvgIpc) is 3.28. The third-order valence-corrected chi connectivity index (χ3v) is 6.67. The van der Waals surface area contributed by atoms with Crippen molar-refractivity contribution < 1.29 is 4.79 Å². The van der Waals surface area contributed by atoms with E-state index in [1.807, 2.05) is 57.2 Å². The zero-order valence-corrected chi connectivity index (χ0v) is 19.8. The van der Waals surface area contributed by atoms with Crippen LogP contribution in [0.25, 0.3) is 15.9 Å². The van der Waals surface area contributed by atoms with Crippen LogP contribution in [0.3, 0.4) is 0 Å². The van der Waals surface area contributed by atoms with Crippen molar-refractivity contribution in [3.8, 4) is 5.69 Å². The van der Waals surface area contributed by atoms with E-state index in [0.717, 1.165) is 24.0 Å². The maximum Gasteiger partial charge on any atom is 0.336 e. The van der Waals surface area contributed by atoms with E-state index >= 15 is 0 Å². The van der Waals surface area contributed by atoms with Crippen LogP contribution < -0.4 is 16.6 Å². The quantitative estimate of drug-likeness (QED) is 0.453. The van der Waals surface area contributed by atoms with Gasteiger partial charge in [0, 0.05) is 6.04 Å². The van der Waals surface area contributed by atoms with E-state index in [2.05, 4.69) is 17.4 Å². The number of nitrogens with one attached hydrogen (secondary N) is 1. The lowest BCUT2D eigenvalue weighted by molar-refractivity contribution is -0.122. The molecule has 4 aromatic rings. The lowest BCUT2D eigenvalue weighted by Crippen LogP contribution is -2.43. The molecule has 0 radical (unpaired) electrons. The van der Waals surface area contributed by atoms with Crippen LogP contribution in [0.15, 0.2) is 69.6 Å². The fraction of sp³-hybridized carbons (Fsp3) is 0.269. The predicted molar refractivity (Wildman–Crippen MR) is 134 cm³/mol. The number of rotatable bonds is 7. The number of carbonyl (C=O) groups excluding carboxylic acids is 1. The smallest absolute Gasteiger partial charge is 0.336 e. The summed E-state index contributed by atoms with van der Waals surface area (Å²) in [5, 5.41) is 4.77. The molecule has 1 N–H and O–H groups in total. The van der Waals surface area contributed by atoms with Crippen LogP contribution >= 0.6 is 11.3 Å². The molecule has 2 aromatic carbocycles. The molecule has 1 atom stereocenters. The number of hydrogen-bond acceptors (Lipinski definition) is 4. The number of aromatic nitrogens is 2. The Balaban J connectivity index is 1.62. The molecule has 0 aliphatic heterocycles. The molecule has 6 nitrogen and oxygen atoms in total.